The van der Waals surface area contributed by atoms with E-state index in [0.29, 0.717) is 13.1 Å². The van der Waals surface area contributed by atoms with Gasteiger partial charge in [-0.1, -0.05) is 12.1 Å². The number of aliphatic imine (C=N–C) groups is 1. The van der Waals surface area contributed by atoms with E-state index in [1.54, 1.807) is 19.2 Å². The molecule has 0 aliphatic carbocycles. The van der Waals surface area contributed by atoms with E-state index in [1.807, 2.05) is 35.9 Å². The summed E-state index contributed by atoms with van der Waals surface area (Å²) < 4.78 is 30.5. The molecule has 0 bridgehead atoms. The van der Waals surface area contributed by atoms with Crippen molar-refractivity contribution in [2.24, 2.45) is 4.99 Å². The molecule has 0 saturated heterocycles. The van der Waals surface area contributed by atoms with Gasteiger partial charge in [-0.25, -0.2) is 0 Å². The normalized spacial score (nSPS) is 11.2. The summed E-state index contributed by atoms with van der Waals surface area (Å²) in [5.74, 6) is 0.898. The second kappa shape index (κ2) is 10.9. The number of aromatic nitrogens is 2. The Morgan fingerprint density at radius 3 is 2.58 bits per heavy atom. The third kappa shape index (κ3) is 7.14. The molecule has 9 heteroatoms. The average molecular weight is 479 g/mol. The monoisotopic (exact) mass is 479 g/mol. The zero-order valence-electron chi connectivity index (χ0n) is 15.0. The van der Waals surface area contributed by atoms with Gasteiger partial charge in [-0.2, -0.15) is 13.9 Å². The molecule has 0 saturated carbocycles. The number of aryl methyl sites for hydroxylation is 1. The summed E-state index contributed by atoms with van der Waals surface area (Å²) in [6.45, 7) is 1.21. The number of alkyl halides is 2. The van der Waals surface area contributed by atoms with Gasteiger partial charge in [0.1, 0.15) is 5.75 Å². The van der Waals surface area contributed by atoms with Crippen molar-refractivity contribution in [2.45, 2.75) is 26.6 Å². The quantitative estimate of drug-likeness (QED) is 0.377. The molecular formula is C17H24F2IN5O. The lowest BCUT2D eigenvalue weighted by Gasteiger charge is -2.22. The van der Waals surface area contributed by atoms with Gasteiger partial charge in [0, 0.05) is 33.4 Å². The molecule has 1 aromatic heterocycles. The smallest absolute Gasteiger partial charge is 0.387 e. The molecule has 26 heavy (non-hydrogen) atoms. The van der Waals surface area contributed by atoms with Gasteiger partial charge in [0.05, 0.1) is 12.7 Å². The van der Waals surface area contributed by atoms with E-state index in [1.165, 1.54) is 12.1 Å². The van der Waals surface area contributed by atoms with Crippen molar-refractivity contribution < 1.29 is 13.5 Å². The van der Waals surface area contributed by atoms with E-state index >= 15 is 0 Å². The summed E-state index contributed by atoms with van der Waals surface area (Å²) in [4.78, 5) is 6.21. The number of nitrogens with one attached hydrogen (secondary N) is 1. The largest absolute Gasteiger partial charge is 0.435 e. The third-order valence-electron chi connectivity index (χ3n) is 3.53. The molecule has 1 N–H and O–H groups in total. The van der Waals surface area contributed by atoms with Crippen molar-refractivity contribution in [1.29, 1.82) is 0 Å². The molecule has 1 aromatic carbocycles. The van der Waals surface area contributed by atoms with E-state index in [4.69, 9.17) is 0 Å². The van der Waals surface area contributed by atoms with Gasteiger partial charge in [-0.15, -0.1) is 24.0 Å². The highest BCUT2D eigenvalue weighted by molar-refractivity contribution is 14.0. The molecule has 6 nitrogen and oxygen atoms in total. The number of benzene rings is 1. The number of guanidine groups is 1. The van der Waals surface area contributed by atoms with Crippen LogP contribution >= 0.6 is 24.0 Å². The van der Waals surface area contributed by atoms with Crippen LogP contribution in [0.1, 0.15) is 11.1 Å². The molecule has 2 aromatic rings. The van der Waals surface area contributed by atoms with Crippen LogP contribution in [-0.2, 0) is 13.1 Å². The highest BCUT2D eigenvalue weighted by Gasteiger charge is 2.08. The fraction of sp³-hybridized carbons (Fsp3) is 0.412. The molecule has 0 fully saturated rings. The molecule has 0 atom stereocenters. The van der Waals surface area contributed by atoms with Gasteiger partial charge in [0.2, 0.25) is 0 Å². The van der Waals surface area contributed by atoms with Gasteiger partial charge < -0.3 is 15.0 Å². The Bertz CT molecular complexity index is 691. The van der Waals surface area contributed by atoms with Crippen LogP contribution in [-0.4, -0.2) is 47.9 Å². The standard InChI is InChI=1S/C17H23F2N5O.HI/c1-13-10-22-24(11-13)9-8-21-17(20-2)23(3)12-14-4-6-15(7-5-14)25-16(18)19;/h4-7,10-11,16H,8-9,12H2,1-3H3,(H,20,21);1H. The molecule has 2 rings (SSSR count). The van der Waals surface area contributed by atoms with Crippen LogP contribution in [0.15, 0.2) is 41.7 Å². The van der Waals surface area contributed by atoms with Crippen molar-refractivity contribution in [3.05, 3.63) is 47.8 Å². The fourth-order valence-corrected chi connectivity index (χ4v) is 2.38. The van der Waals surface area contributed by atoms with Crippen molar-refractivity contribution in [2.75, 3.05) is 20.6 Å². The van der Waals surface area contributed by atoms with Crippen LogP contribution in [0.25, 0.3) is 0 Å². The summed E-state index contributed by atoms with van der Waals surface area (Å²) >= 11 is 0. The van der Waals surface area contributed by atoms with E-state index in [9.17, 15) is 8.78 Å². The van der Waals surface area contributed by atoms with Gasteiger partial charge >= 0.3 is 6.61 Å². The summed E-state index contributed by atoms with van der Waals surface area (Å²) in [6, 6.07) is 6.58. The molecule has 0 aliphatic heterocycles. The van der Waals surface area contributed by atoms with E-state index in [0.717, 1.165) is 23.6 Å². The maximum atomic E-state index is 12.2. The number of hydrogen-bond acceptors (Lipinski definition) is 3. The van der Waals surface area contributed by atoms with E-state index < -0.39 is 6.61 Å². The topological polar surface area (TPSA) is 54.7 Å². The molecule has 0 spiro atoms. The minimum absolute atomic E-state index is 0. The Morgan fingerprint density at radius 1 is 1.35 bits per heavy atom. The molecule has 1 heterocycles. The maximum absolute atomic E-state index is 12.2. The first-order chi connectivity index (χ1) is 12.0. The minimum atomic E-state index is -2.81. The number of halogens is 3. The molecule has 144 valence electrons. The molecular weight excluding hydrogens is 455 g/mol. The predicted octanol–water partition coefficient (Wildman–Crippen LogP) is 3.12. The Kier molecular flexibility index (Phi) is 9.31. The van der Waals surface area contributed by atoms with Crippen LogP contribution in [0.3, 0.4) is 0 Å². The van der Waals surface area contributed by atoms with Gasteiger partial charge in [-0.3, -0.25) is 9.67 Å². The SMILES string of the molecule is CN=C(NCCn1cc(C)cn1)N(C)Cc1ccc(OC(F)F)cc1.I. The zero-order chi connectivity index (χ0) is 18.2. The van der Waals surface area contributed by atoms with Crippen molar-refractivity contribution in [3.8, 4) is 5.75 Å². The second-order valence-electron chi connectivity index (χ2n) is 5.63. The number of hydrogen-bond donors (Lipinski definition) is 1. The Morgan fingerprint density at radius 2 is 2.04 bits per heavy atom. The summed E-state index contributed by atoms with van der Waals surface area (Å²) in [5, 5.41) is 7.51. The maximum Gasteiger partial charge on any atom is 0.387 e. The second-order valence-corrected chi connectivity index (χ2v) is 5.63. The van der Waals surface area contributed by atoms with Crippen LogP contribution in [0.2, 0.25) is 0 Å². The lowest BCUT2D eigenvalue weighted by Crippen LogP contribution is -2.39. The van der Waals surface area contributed by atoms with Crippen molar-refractivity contribution in [1.82, 2.24) is 20.0 Å². The summed E-state index contributed by atoms with van der Waals surface area (Å²) in [7, 11) is 3.63. The Hall–Kier alpha value is -1.91. The third-order valence-corrected chi connectivity index (χ3v) is 3.53. The lowest BCUT2D eigenvalue weighted by molar-refractivity contribution is -0.0498. The van der Waals surface area contributed by atoms with Gasteiger partial charge in [-0.05, 0) is 30.2 Å². The van der Waals surface area contributed by atoms with Gasteiger partial charge in [0.15, 0.2) is 5.96 Å². The molecule has 0 unspecified atom stereocenters. The first kappa shape index (κ1) is 22.1. The van der Waals surface area contributed by atoms with Crippen molar-refractivity contribution >= 4 is 29.9 Å². The Balaban J connectivity index is 0.00000338. The van der Waals surface area contributed by atoms with E-state index in [-0.39, 0.29) is 29.7 Å². The zero-order valence-corrected chi connectivity index (χ0v) is 17.4. The summed E-state index contributed by atoms with van der Waals surface area (Å²) in [5.41, 5.74) is 2.09. The molecule has 0 aliphatic rings. The highest BCUT2D eigenvalue weighted by Crippen LogP contribution is 2.15. The lowest BCUT2D eigenvalue weighted by atomic mass is 10.2. The number of rotatable bonds is 7. The van der Waals surface area contributed by atoms with E-state index in [2.05, 4.69) is 20.1 Å². The van der Waals surface area contributed by atoms with Crippen molar-refractivity contribution in [3.63, 3.8) is 0 Å². The number of ether oxygens (including phenoxy) is 1. The average Bonchev–Trinajstić information content (AvgIpc) is 2.98. The number of nitrogens with zero attached hydrogens (tertiary/aromatic N) is 4. The molecule has 0 radical (unpaired) electrons. The predicted molar refractivity (Wildman–Crippen MR) is 108 cm³/mol. The van der Waals surface area contributed by atoms with Gasteiger partial charge in [0.25, 0.3) is 0 Å². The molecule has 0 amide bonds. The van der Waals surface area contributed by atoms with Crippen LogP contribution in [0.4, 0.5) is 8.78 Å². The first-order valence-corrected chi connectivity index (χ1v) is 7.92. The minimum Gasteiger partial charge on any atom is -0.435 e. The Labute approximate surface area is 169 Å². The summed E-state index contributed by atoms with van der Waals surface area (Å²) in [6.07, 6.45) is 3.81. The first-order valence-electron chi connectivity index (χ1n) is 7.92. The van der Waals surface area contributed by atoms with Crippen LogP contribution in [0.5, 0.6) is 5.75 Å². The fourth-order valence-electron chi connectivity index (χ4n) is 2.38. The van der Waals surface area contributed by atoms with Crippen LogP contribution < -0.4 is 10.1 Å². The highest BCUT2D eigenvalue weighted by atomic mass is 127. The van der Waals surface area contributed by atoms with Crippen LogP contribution in [0, 0.1) is 6.92 Å².